The monoisotopic (exact) mass is 459 g/mol. The summed E-state index contributed by atoms with van der Waals surface area (Å²) in [6.45, 7) is 2.27. The van der Waals surface area contributed by atoms with E-state index in [4.69, 9.17) is 4.74 Å². The highest BCUT2D eigenvalue weighted by molar-refractivity contribution is 7.13. The normalized spacial score (nSPS) is 15.2. The first-order valence-electron chi connectivity index (χ1n) is 11.0. The van der Waals surface area contributed by atoms with Gasteiger partial charge in [0.1, 0.15) is 5.75 Å². The molecule has 2 aromatic carbocycles. The van der Waals surface area contributed by atoms with Crippen molar-refractivity contribution in [2.45, 2.75) is 25.9 Å². The van der Waals surface area contributed by atoms with E-state index < -0.39 is 6.10 Å². The number of nitrogens with one attached hydrogen (secondary N) is 2. The summed E-state index contributed by atoms with van der Waals surface area (Å²) in [6.07, 6.45) is 0.194. The van der Waals surface area contributed by atoms with Crippen LogP contribution in [0.15, 0.2) is 60.0 Å². The van der Waals surface area contributed by atoms with Crippen molar-refractivity contribution in [3.63, 3.8) is 0 Å². The van der Waals surface area contributed by atoms with E-state index in [0.29, 0.717) is 24.3 Å². The highest BCUT2D eigenvalue weighted by atomic mass is 32.1. The third-order valence-corrected chi connectivity index (χ3v) is 6.92. The third kappa shape index (κ3) is 4.00. The summed E-state index contributed by atoms with van der Waals surface area (Å²) in [4.78, 5) is 32.1. The highest BCUT2D eigenvalue weighted by Crippen LogP contribution is 2.36. The molecule has 1 aliphatic heterocycles. The minimum atomic E-state index is -0.730. The predicted molar refractivity (Wildman–Crippen MR) is 132 cm³/mol. The van der Waals surface area contributed by atoms with Gasteiger partial charge in [0, 0.05) is 24.4 Å². The maximum atomic E-state index is 13.4. The Balaban J connectivity index is 1.45. The van der Waals surface area contributed by atoms with E-state index in [1.54, 1.807) is 29.4 Å². The fourth-order valence-electron chi connectivity index (χ4n) is 4.39. The van der Waals surface area contributed by atoms with Gasteiger partial charge in [-0.3, -0.25) is 9.59 Å². The molecule has 0 bridgehead atoms. The first kappa shape index (κ1) is 21.3. The lowest BCUT2D eigenvalue weighted by Gasteiger charge is -2.34. The number of H-pyrrole nitrogens is 1. The molecule has 0 saturated carbocycles. The quantitative estimate of drug-likeness (QED) is 0.455. The van der Waals surface area contributed by atoms with E-state index in [0.717, 1.165) is 27.0 Å². The molecule has 2 amide bonds. The molecule has 1 aliphatic rings. The Morgan fingerprint density at radius 1 is 1.18 bits per heavy atom. The molecule has 3 heterocycles. The molecule has 2 aromatic heterocycles. The Morgan fingerprint density at radius 3 is 2.82 bits per heavy atom. The number of aromatic amines is 1. The number of hydrogen-bond donors (Lipinski definition) is 2. The summed E-state index contributed by atoms with van der Waals surface area (Å²) in [5, 5.41) is 5.83. The molecule has 5 rings (SSSR count). The molecule has 0 unspecified atom stereocenters. The second kappa shape index (κ2) is 8.75. The molecule has 0 spiro atoms. The molecule has 0 radical (unpaired) electrons. The molecular formula is C26H25N3O3S. The maximum absolute atomic E-state index is 13.4. The van der Waals surface area contributed by atoms with Crippen LogP contribution in [0.1, 0.15) is 17.5 Å². The molecule has 0 saturated heterocycles. The summed E-state index contributed by atoms with van der Waals surface area (Å²) >= 11 is 1.68. The van der Waals surface area contributed by atoms with Gasteiger partial charge in [0.15, 0.2) is 6.10 Å². The molecule has 6 nitrogen and oxygen atoms in total. The number of aryl methyl sites for hydroxylation is 2. The number of likely N-dealkylation sites (N-methyl/N-ethyl adjacent to an activating group) is 1. The number of benzene rings is 2. The van der Waals surface area contributed by atoms with Crippen LogP contribution in [0.4, 0.5) is 5.69 Å². The van der Waals surface area contributed by atoms with Crippen molar-refractivity contribution in [3.8, 4) is 16.3 Å². The van der Waals surface area contributed by atoms with Crippen LogP contribution in [0, 0.1) is 6.92 Å². The number of para-hydroxylation sites is 2. The van der Waals surface area contributed by atoms with Crippen molar-refractivity contribution in [1.82, 2.24) is 10.3 Å². The first-order chi connectivity index (χ1) is 16.0. The van der Waals surface area contributed by atoms with Crippen molar-refractivity contribution >= 4 is 39.7 Å². The number of nitrogens with zero attached hydrogens (tertiary/aromatic N) is 1. The van der Waals surface area contributed by atoms with Crippen molar-refractivity contribution < 1.29 is 14.3 Å². The predicted octanol–water partition coefficient (Wildman–Crippen LogP) is 4.68. The SMILES string of the molecule is CNC(=O)[C@@H]1CN(C(=O)CCc2c(-c3cccs3)[nH]c3ccc(C)cc23)c2ccccc2O1. The summed E-state index contributed by atoms with van der Waals surface area (Å²) in [5.41, 5.74) is 5.18. The lowest BCUT2D eigenvalue weighted by molar-refractivity contribution is -0.127. The average molecular weight is 460 g/mol. The summed E-state index contributed by atoms with van der Waals surface area (Å²) in [5.74, 6) is 0.279. The Morgan fingerprint density at radius 2 is 2.03 bits per heavy atom. The van der Waals surface area contributed by atoms with Gasteiger partial charge in [0.25, 0.3) is 5.91 Å². The minimum absolute atomic E-state index is 0.0289. The van der Waals surface area contributed by atoms with E-state index in [-0.39, 0.29) is 18.4 Å². The van der Waals surface area contributed by atoms with Gasteiger partial charge in [-0.25, -0.2) is 0 Å². The Bertz CT molecular complexity index is 1330. The van der Waals surface area contributed by atoms with Gasteiger partial charge in [0.05, 0.1) is 22.8 Å². The number of hydrogen-bond acceptors (Lipinski definition) is 4. The summed E-state index contributed by atoms with van der Waals surface area (Å²) in [6, 6.07) is 17.9. The van der Waals surface area contributed by atoms with Crippen LogP contribution in [0.25, 0.3) is 21.5 Å². The van der Waals surface area contributed by atoms with E-state index in [2.05, 4.69) is 46.9 Å². The van der Waals surface area contributed by atoms with Gasteiger partial charge >= 0.3 is 0 Å². The van der Waals surface area contributed by atoms with Gasteiger partial charge in [-0.2, -0.15) is 0 Å². The van der Waals surface area contributed by atoms with Gasteiger partial charge in [-0.05, 0) is 54.6 Å². The number of aromatic nitrogens is 1. The van der Waals surface area contributed by atoms with Gasteiger partial charge in [0.2, 0.25) is 5.91 Å². The van der Waals surface area contributed by atoms with E-state index in [9.17, 15) is 9.59 Å². The van der Waals surface area contributed by atoms with Crippen molar-refractivity contribution in [3.05, 3.63) is 71.1 Å². The fourth-order valence-corrected chi connectivity index (χ4v) is 5.14. The number of carbonyl (C=O) groups excluding carboxylic acids is 2. The van der Waals surface area contributed by atoms with Crippen LogP contribution < -0.4 is 15.0 Å². The molecule has 4 aromatic rings. The van der Waals surface area contributed by atoms with E-state index >= 15 is 0 Å². The Hall–Kier alpha value is -3.58. The molecule has 1 atom stereocenters. The third-order valence-electron chi connectivity index (χ3n) is 6.03. The van der Waals surface area contributed by atoms with Gasteiger partial charge in [-0.1, -0.05) is 29.8 Å². The zero-order valence-electron chi connectivity index (χ0n) is 18.6. The van der Waals surface area contributed by atoms with Crippen molar-refractivity contribution in [2.24, 2.45) is 0 Å². The number of thiophene rings is 1. The standard InChI is InChI=1S/C26H25N3O3S/c1-16-9-11-19-18(14-16)17(25(28-19)23-8-5-13-33-23)10-12-24(30)29-15-22(26(31)27-2)32-21-7-4-3-6-20(21)29/h3-9,11,13-14,22,28H,10,12,15H2,1-2H3,(H,27,31)/t22-/m0/s1. The van der Waals surface area contributed by atoms with Crippen LogP contribution >= 0.6 is 11.3 Å². The van der Waals surface area contributed by atoms with Gasteiger partial charge in [-0.15, -0.1) is 11.3 Å². The number of fused-ring (bicyclic) bond motifs is 2. The smallest absolute Gasteiger partial charge is 0.262 e. The molecule has 2 N–H and O–H groups in total. The second-order valence-corrected chi connectivity index (χ2v) is 9.15. The summed E-state index contributed by atoms with van der Waals surface area (Å²) in [7, 11) is 1.57. The zero-order chi connectivity index (χ0) is 22.9. The lowest BCUT2D eigenvalue weighted by atomic mass is 10.0. The van der Waals surface area contributed by atoms with Crippen molar-refractivity contribution in [2.75, 3.05) is 18.5 Å². The second-order valence-electron chi connectivity index (χ2n) is 8.20. The molecule has 0 aliphatic carbocycles. The maximum Gasteiger partial charge on any atom is 0.262 e. The molecule has 0 fully saturated rings. The molecule has 168 valence electrons. The first-order valence-corrected chi connectivity index (χ1v) is 11.9. The average Bonchev–Trinajstić information content (AvgIpc) is 3.49. The Labute approximate surface area is 196 Å². The van der Waals surface area contributed by atoms with Crippen LogP contribution in [-0.2, 0) is 16.0 Å². The number of ether oxygens (including phenoxy) is 1. The van der Waals surface area contributed by atoms with Crippen LogP contribution in [0.5, 0.6) is 5.75 Å². The fraction of sp³-hybridized carbons (Fsp3) is 0.231. The highest BCUT2D eigenvalue weighted by Gasteiger charge is 2.33. The topological polar surface area (TPSA) is 74.4 Å². The van der Waals surface area contributed by atoms with E-state index in [1.165, 1.54) is 5.56 Å². The molecule has 33 heavy (non-hydrogen) atoms. The van der Waals surface area contributed by atoms with Crippen molar-refractivity contribution in [1.29, 1.82) is 0 Å². The molecular weight excluding hydrogens is 434 g/mol. The zero-order valence-corrected chi connectivity index (χ0v) is 19.4. The van der Waals surface area contributed by atoms with E-state index in [1.807, 2.05) is 24.3 Å². The number of carbonyl (C=O) groups is 2. The number of rotatable bonds is 5. The number of amides is 2. The lowest BCUT2D eigenvalue weighted by Crippen LogP contribution is -2.50. The van der Waals surface area contributed by atoms with Gasteiger partial charge < -0.3 is 19.9 Å². The minimum Gasteiger partial charge on any atom is -0.477 e. The van der Waals surface area contributed by atoms with Crippen LogP contribution in [0.3, 0.4) is 0 Å². The largest absolute Gasteiger partial charge is 0.477 e. The molecule has 7 heteroatoms. The summed E-state index contributed by atoms with van der Waals surface area (Å²) < 4.78 is 5.84. The van der Waals surface area contributed by atoms with Crippen LogP contribution in [-0.4, -0.2) is 36.5 Å². The van der Waals surface area contributed by atoms with Crippen LogP contribution in [0.2, 0.25) is 0 Å². The Kier molecular flexibility index (Phi) is 5.64. The number of anilines is 1.